The lowest BCUT2D eigenvalue weighted by atomic mass is 9.72. The highest BCUT2D eigenvalue weighted by Gasteiger charge is 2.40. The highest BCUT2D eigenvalue weighted by molar-refractivity contribution is 8.33. The van der Waals surface area contributed by atoms with Crippen molar-refractivity contribution in [3.63, 3.8) is 0 Å². The summed E-state index contributed by atoms with van der Waals surface area (Å²) in [6.45, 7) is 18.7. The van der Waals surface area contributed by atoms with Gasteiger partial charge in [0.1, 0.15) is 0 Å². The molecule has 0 aromatic heterocycles. The Morgan fingerprint density at radius 2 is 1.00 bits per heavy atom. The predicted octanol–water partition coefficient (Wildman–Crippen LogP) is 10.7. The van der Waals surface area contributed by atoms with Crippen molar-refractivity contribution >= 4 is 32.8 Å². The lowest BCUT2D eigenvalue weighted by Crippen LogP contribution is -2.43. The van der Waals surface area contributed by atoms with Gasteiger partial charge >= 0.3 is 0 Å². The number of anilines is 4. The average molecular weight is 549 g/mol. The fourth-order valence-corrected chi connectivity index (χ4v) is 9.39. The number of hydrogen-bond acceptors (Lipinski definition) is 2. The quantitative estimate of drug-likeness (QED) is 0.233. The van der Waals surface area contributed by atoms with Crippen LogP contribution in [0.2, 0.25) is 0 Å². The lowest BCUT2D eigenvalue weighted by Gasteiger charge is -2.50. The highest BCUT2D eigenvalue weighted by Crippen LogP contribution is 2.67. The maximum Gasteiger partial charge on any atom is 0.0548 e. The Balaban J connectivity index is 1.56. The van der Waals surface area contributed by atoms with Gasteiger partial charge in [-0.15, -0.1) is 0 Å². The van der Waals surface area contributed by atoms with Crippen LogP contribution in [0.4, 0.5) is 22.7 Å². The van der Waals surface area contributed by atoms with Gasteiger partial charge in [-0.1, -0.05) is 62.4 Å². The molecule has 0 bridgehead atoms. The molecule has 3 heteroatoms. The van der Waals surface area contributed by atoms with E-state index in [1.165, 1.54) is 54.8 Å². The third-order valence-electron chi connectivity index (χ3n) is 8.81. The summed E-state index contributed by atoms with van der Waals surface area (Å²) in [4.78, 5) is 8.06. The molecule has 0 aliphatic carbocycles. The van der Waals surface area contributed by atoms with Crippen molar-refractivity contribution in [2.45, 2.75) is 81.7 Å². The zero-order valence-electron chi connectivity index (χ0n) is 25.9. The largest absolute Gasteiger partial charge is 0.336 e. The molecule has 0 fully saturated rings. The van der Waals surface area contributed by atoms with Crippen LogP contribution in [0.25, 0.3) is 11.1 Å². The van der Waals surface area contributed by atoms with Crippen LogP contribution in [-0.2, 0) is 5.41 Å². The predicted molar refractivity (Wildman–Crippen MR) is 177 cm³/mol. The minimum absolute atomic E-state index is 0.0496. The minimum atomic E-state index is -1.13. The van der Waals surface area contributed by atoms with Gasteiger partial charge in [0.25, 0.3) is 0 Å². The second-order valence-electron chi connectivity index (χ2n) is 14.4. The molecule has 0 spiro atoms. The van der Waals surface area contributed by atoms with Crippen molar-refractivity contribution < 1.29 is 0 Å². The maximum absolute atomic E-state index is 2.57. The number of para-hydroxylation sites is 2. The number of nitrogens with zero attached hydrogens (tertiary/aromatic N) is 2. The van der Waals surface area contributed by atoms with E-state index < -0.39 is 10.0 Å². The van der Waals surface area contributed by atoms with Crippen molar-refractivity contribution in [1.82, 2.24) is 0 Å². The normalized spacial score (nSPS) is 17.9. The number of rotatable bonds is 1. The number of fused-ring (bicyclic) bond motifs is 4. The van der Waals surface area contributed by atoms with Crippen LogP contribution in [-0.4, -0.2) is 23.6 Å². The molecular weight excluding hydrogens is 504 g/mol. The molecule has 0 saturated carbocycles. The fraction of sp³-hybridized carbons (Fsp3) is 0.351. The molecule has 40 heavy (non-hydrogen) atoms. The Bertz CT molecular complexity index is 1510. The molecule has 0 atom stereocenters. The summed E-state index contributed by atoms with van der Waals surface area (Å²) >= 11 is 0. The molecule has 0 unspecified atom stereocenters. The molecule has 2 nitrogen and oxygen atoms in total. The van der Waals surface area contributed by atoms with Crippen LogP contribution >= 0.6 is 10.0 Å². The van der Waals surface area contributed by atoms with Gasteiger partial charge < -0.3 is 9.80 Å². The molecule has 2 aliphatic heterocycles. The Kier molecular flexibility index (Phi) is 5.85. The van der Waals surface area contributed by atoms with E-state index in [1.54, 1.807) is 0 Å². The molecule has 208 valence electrons. The third-order valence-corrected chi connectivity index (χ3v) is 11.7. The fourth-order valence-electron chi connectivity index (χ4n) is 6.97. The van der Waals surface area contributed by atoms with E-state index in [2.05, 4.69) is 163 Å². The van der Waals surface area contributed by atoms with Crippen LogP contribution in [0.3, 0.4) is 0 Å². The summed E-state index contributed by atoms with van der Waals surface area (Å²) < 4.78 is 0. The van der Waals surface area contributed by atoms with Gasteiger partial charge in [-0.05, 0) is 113 Å². The number of hydrogen-bond donors (Lipinski definition) is 0. The monoisotopic (exact) mass is 548 g/mol. The van der Waals surface area contributed by atoms with E-state index in [1.807, 2.05) is 0 Å². The highest BCUT2D eigenvalue weighted by atomic mass is 32.3. The van der Waals surface area contributed by atoms with E-state index in [-0.39, 0.29) is 16.5 Å². The van der Waals surface area contributed by atoms with Gasteiger partial charge in [-0.25, -0.2) is 0 Å². The van der Waals surface area contributed by atoms with Gasteiger partial charge in [-0.2, -0.15) is 10.0 Å². The molecule has 4 aromatic carbocycles. The summed E-state index contributed by atoms with van der Waals surface area (Å²) in [7, 11) is -1.13. The molecular formula is C37H44N2S. The van der Waals surface area contributed by atoms with Gasteiger partial charge in [0.15, 0.2) is 0 Å². The Morgan fingerprint density at radius 1 is 0.525 bits per heavy atom. The van der Waals surface area contributed by atoms with Crippen molar-refractivity contribution in [2.75, 3.05) is 22.3 Å². The van der Waals surface area contributed by atoms with Crippen LogP contribution in [0.5, 0.6) is 0 Å². The molecule has 2 heterocycles. The zero-order chi connectivity index (χ0) is 28.8. The van der Waals surface area contributed by atoms with Crippen molar-refractivity contribution in [2.24, 2.45) is 0 Å². The Morgan fingerprint density at radius 3 is 1.65 bits per heavy atom. The molecule has 0 saturated heterocycles. The van der Waals surface area contributed by atoms with Gasteiger partial charge in [-0.3, -0.25) is 0 Å². The third kappa shape index (κ3) is 3.92. The maximum atomic E-state index is 2.57. The first kappa shape index (κ1) is 27.0. The molecule has 2 aliphatic rings. The first-order valence-corrected chi connectivity index (χ1v) is 16.9. The van der Waals surface area contributed by atoms with Crippen molar-refractivity contribution in [3.05, 3.63) is 96.1 Å². The van der Waals surface area contributed by atoms with E-state index in [0.717, 1.165) is 0 Å². The topological polar surface area (TPSA) is 6.48 Å². The number of benzene rings is 4. The second kappa shape index (κ2) is 8.66. The van der Waals surface area contributed by atoms with Crippen LogP contribution in [0.1, 0.15) is 66.5 Å². The van der Waals surface area contributed by atoms with E-state index in [0.29, 0.717) is 0 Å². The first-order chi connectivity index (χ1) is 18.6. The molecule has 0 N–H and O–H groups in total. The van der Waals surface area contributed by atoms with E-state index >= 15 is 0 Å². The smallest absolute Gasteiger partial charge is 0.0548 e. The summed E-state index contributed by atoms with van der Waals surface area (Å²) in [6, 6.07) is 32.4. The average Bonchev–Trinajstić information content (AvgIpc) is 2.87. The molecule has 0 radical (unpaired) electrons. The SMILES string of the molecule is CC1(C)c2ccccc2N(C(C)(C)C)c2cc(-c3ccc4c(c3)N(C(C)(C)C)c3ccccc3S4(C)C)ccc21. The van der Waals surface area contributed by atoms with Gasteiger partial charge in [0, 0.05) is 37.7 Å². The standard InChI is InChI=1S/C37H44N2S/c1-35(2,3)38-29-16-12-11-15-27(29)37(7,8)28-21-19-25(23-31(28)38)26-20-22-34-32(24-26)39(36(4,5)6)30-17-13-14-18-33(30)40(34,9)10/h11-24H,1-10H3. The second-order valence-corrected chi connectivity index (χ2v) is 17.9. The molecule has 0 amide bonds. The summed E-state index contributed by atoms with van der Waals surface area (Å²) in [5.41, 5.74) is 10.5. The van der Waals surface area contributed by atoms with Crippen LogP contribution < -0.4 is 9.80 Å². The summed E-state index contributed by atoms with van der Waals surface area (Å²) in [5.74, 6) is 0. The Labute approximate surface area is 243 Å². The summed E-state index contributed by atoms with van der Waals surface area (Å²) in [6.07, 6.45) is 4.90. The van der Waals surface area contributed by atoms with Crippen LogP contribution in [0.15, 0.2) is 94.7 Å². The van der Waals surface area contributed by atoms with Crippen molar-refractivity contribution in [1.29, 1.82) is 0 Å². The van der Waals surface area contributed by atoms with Gasteiger partial charge in [0.2, 0.25) is 0 Å². The lowest BCUT2D eigenvalue weighted by molar-refractivity contribution is 0.530. The van der Waals surface area contributed by atoms with Gasteiger partial charge in [0.05, 0.1) is 11.4 Å². The van der Waals surface area contributed by atoms with E-state index in [9.17, 15) is 0 Å². The van der Waals surface area contributed by atoms with Crippen molar-refractivity contribution in [3.8, 4) is 11.1 Å². The van der Waals surface area contributed by atoms with E-state index in [4.69, 9.17) is 0 Å². The first-order valence-electron chi connectivity index (χ1n) is 14.4. The zero-order valence-corrected chi connectivity index (χ0v) is 26.7. The Hall–Kier alpha value is -3.17. The van der Waals surface area contributed by atoms with Crippen LogP contribution in [0, 0.1) is 0 Å². The summed E-state index contributed by atoms with van der Waals surface area (Å²) in [5, 5.41) is 0. The minimum Gasteiger partial charge on any atom is -0.336 e. The molecule has 4 aromatic rings. The molecule has 6 rings (SSSR count).